The molecule has 0 aromatic heterocycles. The lowest BCUT2D eigenvalue weighted by molar-refractivity contribution is -0.144. The van der Waals surface area contributed by atoms with Crippen molar-refractivity contribution in [3.63, 3.8) is 0 Å². The van der Waals surface area contributed by atoms with E-state index >= 15 is 0 Å². The molecule has 4 rings (SSSR count). The summed E-state index contributed by atoms with van der Waals surface area (Å²) in [6.45, 7) is 5.44. The zero-order valence-corrected chi connectivity index (χ0v) is 16.8. The van der Waals surface area contributed by atoms with Crippen molar-refractivity contribution in [1.29, 1.82) is 0 Å². The molecule has 0 N–H and O–H groups in total. The van der Waals surface area contributed by atoms with Crippen LogP contribution in [0.15, 0.2) is 42.5 Å². The van der Waals surface area contributed by atoms with Gasteiger partial charge in [0.1, 0.15) is 18.0 Å². The van der Waals surface area contributed by atoms with E-state index in [0.717, 1.165) is 24.0 Å². The van der Waals surface area contributed by atoms with E-state index in [1.807, 2.05) is 36.9 Å². The third kappa shape index (κ3) is 3.90. The van der Waals surface area contributed by atoms with Gasteiger partial charge in [0.15, 0.2) is 0 Å². The average Bonchev–Trinajstić information content (AvgIpc) is 2.72. The number of ether oxygens (including phenoxy) is 1. The van der Waals surface area contributed by atoms with Gasteiger partial charge >= 0.3 is 0 Å². The van der Waals surface area contributed by atoms with Crippen LogP contribution in [0.2, 0.25) is 0 Å². The number of nitrogens with zero attached hydrogens (tertiary/aromatic N) is 2. The lowest BCUT2D eigenvalue weighted by Gasteiger charge is -2.47. The molecule has 0 saturated carbocycles. The topological polar surface area (TPSA) is 49.9 Å². The van der Waals surface area contributed by atoms with Gasteiger partial charge in [-0.1, -0.05) is 6.07 Å². The largest absolute Gasteiger partial charge is 0.361 e. The number of likely N-dealkylation sites (tertiary alicyclic amines) is 1. The fourth-order valence-electron chi connectivity index (χ4n) is 4.15. The first-order valence-electron chi connectivity index (χ1n) is 9.93. The van der Waals surface area contributed by atoms with Gasteiger partial charge in [-0.2, -0.15) is 0 Å². The van der Waals surface area contributed by atoms with Gasteiger partial charge in [-0.05, 0) is 74.2 Å². The standard InChI is InChI=1S/C23H25FN2O3/c1-16-4-5-18(12-17(16)2)22(28)25-11-3-10-23(14-25)15-26(21(27)13-29-23)20-8-6-19(24)7-9-20/h4-9,12H,3,10-11,13-15H2,1-2H3. The van der Waals surface area contributed by atoms with E-state index in [1.54, 1.807) is 17.0 Å². The van der Waals surface area contributed by atoms with Crippen LogP contribution in [0.25, 0.3) is 0 Å². The van der Waals surface area contributed by atoms with Crippen LogP contribution in [-0.4, -0.2) is 48.6 Å². The van der Waals surface area contributed by atoms with Gasteiger partial charge < -0.3 is 14.5 Å². The number of piperidine rings is 1. The first-order chi connectivity index (χ1) is 13.9. The second-order valence-electron chi connectivity index (χ2n) is 8.06. The van der Waals surface area contributed by atoms with E-state index < -0.39 is 5.60 Å². The molecule has 1 atom stereocenters. The van der Waals surface area contributed by atoms with Crippen LogP contribution in [0.4, 0.5) is 10.1 Å². The molecule has 152 valence electrons. The highest BCUT2D eigenvalue weighted by Crippen LogP contribution is 2.32. The summed E-state index contributed by atoms with van der Waals surface area (Å²) in [5.41, 5.74) is 2.96. The van der Waals surface area contributed by atoms with Crippen LogP contribution in [0.3, 0.4) is 0 Å². The summed E-state index contributed by atoms with van der Waals surface area (Å²) in [7, 11) is 0. The first kappa shape index (κ1) is 19.6. The van der Waals surface area contributed by atoms with E-state index in [1.165, 1.54) is 12.1 Å². The molecule has 2 aromatic carbocycles. The van der Waals surface area contributed by atoms with Crippen LogP contribution < -0.4 is 4.90 Å². The molecule has 2 aromatic rings. The Labute approximate surface area is 170 Å². The maximum Gasteiger partial charge on any atom is 0.253 e. The van der Waals surface area contributed by atoms with Gasteiger partial charge in [0.25, 0.3) is 11.8 Å². The van der Waals surface area contributed by atoms with Crippen molar-refractivity contribution in [1.82, 2.24) is 4.90 Å². The number of morpholine rings is 1. The van der Waals surface area contributed by atoms with Crippen molar-refractivity contribution >= 4 is 17.5 Å². The smallest absolute Gasteiger partial charge is 0.253 e. The summed E-state index contributed by atoms with van der Waals surface area (Å²) in [6.07, 6.45) is 1.58. The number of hydrogen-bond donors (Lipinski definition) is 0. The Morgan fingerprint density at radius 1 is 1.07 bits per heavy atom. The number of hydrogen-bond acceptors (Lipinski definition) is 3. The molecule has 0 bridgehead atoms. The fraction of sp³-hybridized carbons (Fsp3) is 0.391. The van der Waals surface area contributed by atoms with Crippen molar-refractivity contribution in [3.8, 4) is 0 Å². The number of anilines is 1. The predicted molar refractivity (Wildman–Crippen MR) is 108 cm³/mol. The van der Waals surface area contributed by atoms with Gasteiger partial charge in [-0.15, -0.1) is 0 Å². The van der Waals surface area contributed by atoms with Crippen LogP contribution in [0, 0.1) is 19.7 Å². The lowest BCUT2D eigenvalue weighted by atomic mass is 9.89. The SMILES string of the molecule is Cc1ccc(C(=O)N2CCCC3(C2)CN(c2ccc(F)cc2)C(=O)CO3)cc1C. The summed E-state index contributed by atoms with van der Waals surface area (Å²) in [5.74, 6) is -0.507. The summed E-state index contributed by atoms with van der Waals surface area (Å²) in [6, 6.07) is 11.7. The molecular weight excluding hydrogens is 371 g/mol. The monoisotopic (exact) mass is 396 g/mol. The van der Waals surface area contributed by atoms with Crippen LogP contribution in [-0.2, 0) is 9.53 Å². The van der Waals surface area contributed by atoms with Gasteiger partial charge in [-0.25, -0.2) is 4.39 Å². The van der Waals surface area contributed by atoms with Crippen molar-refractivity contribution in [2.75, 3.05) is 31.1 Å². The van der Waals surface area contributed by atoms with Gasteiger partial charge in [-0.3, -0.25) is 9.59 Å². The Morgan fingerprint density at radius 3 is 2.55 bits per heavy atom. The molecule has 29 heavy (non-hydrogen) atoms. The molecule has 0 radical (unpaired) electrons. The normalized spacial score (nSPS) is 22.2. The number of carbonyl (C=O) groups excluding carboxylic acids is 2. The van der Waals surface area contributed by atoms with Crippen molar-refractivity contribution in [3.05, 3.63) is 65.0 Å². The molecule has 2 aliphatic heterocycles. The number of rotatable bonds is 2. The highest BCUT2D eigenvalue weighted by atomic mass is 19.1. The summed E-state index contributed by atoms with van der Waals surface area (Å²) in [4.78, 5) is 29.0. The number of aryl methyl sites for hydroxylation is 2. The average molecular weight is 396 g/mol. The van der Waals surface area contributed by atoms with Gasteiger partial charge in [0.05, 0.1) is 13.1 Å². The van der Waals surface area contributed by atoms with E-state index in [-0.39, 0.29) is 24.2 Å². The minimum Gasteiger partial charge on any atom is -0.361 e. The molecule has 0 aliphatic carbocycles. The minimum absolute atomic E-state index is 0.0130. The van der Waals surface area contributed by atoms with Gasteiger partial charge in [0, 0.05) is 17.8 Å². The zero-order chi connectivity index (χ0) is 20.6. The van der Waals surface area contributed by atoms with E-state index in [0.29, 0.717) is 30.9 Å². The number of halogens is 1. The molecule has 5 nitrogen and oxygen atoms in total. The molecule has 6 heteroatoms. The quantitative estimate of drug-likeness (QED) is 0.781. The first-order valence-corrected chi connectivity index (χ1v) is 9.93. The Bertz CT molecular complexity index is 944. The molecular formula is C23H25FN2O3. The van der Waals surface area contributed by atoms with Crippen molar-refractivity contribution in [2.24, 2.45) is 0 Å². The third-order valence-corrected chi connectivity index (χ3v) is 5.97. The summed E-state index contributed by atoms with van der Waals surface area (Å²) < 4.78 is 19.3. The number of amides is 2. The van der Waals surface area contributed by atoms with Crippen LogP contribution in [0.5, 0.6) is 0 Å². The Hall–Kier alpha value is -2.73. The molecule has 2 heterocycles. The third-order valence-electron chi connectivity index (χ3n) is 5.97. The second kappa shape index (κ2) is 7.59. The highest BCUT2D eigenvalue weighted by molar-refractivity contribution is 5.96. The van der Waals surface area contributed by atoms with Gasteiger partial charge in [0.2, 0.25) is 0 Å². The zero-order valence-electron chi connectivity index (χ0n) is 16.8. The second-order valence-corrected chi connectivity index (χ2v) is 8.06. The maximum absolute atomic E-state index is 13.3. The van der Waals surface area contributed by atoms with E-state index in [2.05, 4.69) is 0 Å². The molecule has 2 aliphatic rings. The molecule has 2 saturated heterocycles. The number of benzene rings is 2. The summed E-state index contributed by atoms with van der Waals surface area (Å²) in [5, 5.41) is 0. The highest BCUT2D eigenvalue weighted by Gasteiger charge is 2.44. The van der Waals surface area contributed by atoms with Crippen molar-refractivity contribution in [2.45, 2.75) is 32.3 Å². The Balaban J connectivity index is 1.54. The molecule has 2 fully saturated rings. The van der Waals surface area contributed by atoms with Crippen LogP contribution in [0.1, 0.15) is 34.3 Å². The maximum atomic E-state index is 13.3. The van der Waals surface area contributed by atoms with E-state index in [9.17, 15) is 14.0 Å². The molecule has 2 amide bonds. The minimum atomic E-state index is -0.601. The lowest BCUT2D eigenvalue weighted by Crippen LogP contribution is -2.62. The van der Waals surface area contributed by atoms with Crippen LogP contribution >= 0.6 is 0 Å². The van der Waals surface area contributed by atoms with Crippen molar-refractivity contribution < 1.29 is 18.7 Å². The number of carbonyl (C=O) groups is 2. The van der Waals surface area contributed by atoms with E-state index in [4.69, 9.17) is 4.74 Å². The molecule has 1 spiro atoms. The Morgan fingerprint density at radius 2 is 1.83 bits per heavy atom. The summed E-state index contributed by atoms with van der Waals surface area (Å²) >= 11 is 0. The predicted octanol–water partition coefficient (Wildman–Crippen LogP) is 3.48. The fourth-order valence-corrected chi connectivity index (χ4v) is 4.15. The molecule has 1 unspecified atom stereocenters. The Kier molecular flexibility index (Phi) is 5.13.